The Hall–Kier alpha value is -2.81. The molecule has 0 aromatic heterocycles. The SMILES string of the molecule is C=CCOc1ccc(/C=C/C(=O)Nc2ccc(C)cc2C)cc1. The zero-order valence-electron chi connectivity index (χ0n) is 13.5. The third kappa shape index (κ3) is 5.15. The highest BCUT2D eigenvalue weighted by Crippen LogP contribution is 2.16. The number of ether oxygens (including phenoxy) is 1. The molecule has 0 aliphatic rings. The van der Waals surface area contributed by atoms with Gasteiger partial charge in [-0.15, -0.1) is 0 Å². The maximum atomic E-state index is 12.0. The number of hydrogen-bond donors (Lipinski definition) is 1. The van der Waals surface area contributed by atoms with Crippen molar-refractivity contribution in [3.05, 3.63) is 77.9 Å². The van der Waals surface area contributed by atoms with E-state index in [1.807, 2.05) is 56.3 Å². The standard InChI is InChI=1S/C20H21NO2/c1-4-13-23-18-9-6-17(7-10-18)8-12-20(22)21-19-11-5-15(2)14-16(19)3/h4-12,14H,1,13H2,2-3H3,(H,21,22)/b12-8+. The van der Waals surface area contributed by atoms with Crippen LogP contribution in [0.2, 0.25) is 0 Å². The fraction of sp³-hybridized carbons (Fsp3) is 0.150. The Morgan fingerprint density at radius 2 is 1.91 bits per heavy atom. The largest absolute Gasteiger partial charge is 0.490 e. The molecule has 2 rings (SSSR count). The van der Waals surface area contributed by atoms with Crippen LogP contribution in [0.3, 0.4) is 0 Å². The van der Waals surface area contributed by atoms with Crippen LogP contribution in [0.1, 0.15) is 16.7 Å². The van der Waals surface area contributed by atoms with E-state index in [0.717, 1.165) is 22.6 Å². The average molecular weight is 307 g/mol. The van der Waals surface area contributed by atoms with Crippen LogP contribution in [0, 0.1) is 13.8 Å². The van der Waals surface area contributed by atoms with E-state index in [0.29, 0.717) is 6.61 Å². The van der Waals surface area contributed by atoms with Crippen molar-refractivity contribution >= 4 is 17.7 Å². The van der Waals surface area contributed by atoms with Gasteiger partial charge in [0.15, 0.2) is 0 Å². The van der Waals surface area contributed by atoms with Gasteiger partial charge in [0, 0.05) is 11.8 Å². The molecule has 0 saturated carbocycles. The lowest BCUT2D eigenvalue weighted by Gasteiger charge is -2.07. The van der Waals surface area contributed by atoms with Gasteiger partial charge in [0.25, 0.3) is 0 Å². The molecule has 0 heterocycles. The van der Waals surface area contributed by atoms with E-state index >= 15 is 0 Å². The summed E-state index contributed by atoms with van der Waals surface area (Å²) in [5.41, 5.74) is 4.00. The number of aryl methyl sites for hydroxylation is 2. The van der Waals surface area contributed by atoms with Crippen molar-refractivity contribution in [2.75, 3.05) is 11.9 Å². The number of benzene rings is 2. The van der Waals surface area contributed by atoms with Crippen LogP contribution in [0.5, 0.6) is 5.75 Å². The number of nitrogens with one attached hydrogen (secondary N) is 1. The van der Waals surface area contributed by atoms with E-state index in [-0.39, 0.29) is 5.91 Å². The minimum atomic E-state index is -0.149. The molecule has 0 spiro atoms. The Balaban J connectivity index is 1.96. The molecule has 23 heavy (non-hydrogen) atoms. The van der Waals surface area contributed by atoms with Gasteiger partial charge < -0.3 is 10.1 Å². The highest BCUT2D eigenvalue weighted by Gasteiger charge is 2.01. The number of hydrogen-bond acceptors (Lipinski definition) is 2. The van der Waals surface area contributed by atoms with Crippen LogP contribution in [-0.2, 0) is 4.79 Å². The first kappa shape index (κ1) is 16.6. The lowest BCUT2D eigenvalue weighted by atomic mass is 10.1. The molecule has 0 fully saturated rings. The summed E-state index contributed by atoms with van der Waals surface area (Å²) in [7, 11) is 0. The Morgan fingerprint density at radius 3 is 2.57 bits per heavy atom. The molecular weight excluding hydrogens is 286 g/mol. The molecule has 0 aliphatic carbocycles. The summed E-state index contributed by atoms with van der Waals surface area (Å²) in [6.45, 7) is 8.10. The van der Waals surface area contributed by atoms with E-state index in [9.17, 15) is 4.79 Å². The molecule has 1 amide bonds. The van der Waals surface area contributed by atoms with Crippen molar-refractivity contribution in [3.8, 4) is 5.75 Å². The number of carbonyl (C=O) groups is 1. The van der Waals surface area contributed by atoms with E-state index in [1.165, 1.54) is 11.6 Å². The molecule has 118 valence electrons. The Kier molecular flexibility index (Phi) is 5.75. The first-order valence-corrected chi connectivity index (χ1v) is 7.48. The highest BCUT2D eigenvalue weighted by atomic mass is 16.5. The molecule has 0 saturated heterocycles. The van der Waals surface area contributed by atoms with Crippen molar-refractivity contribution < 1.29 is 9.53 Å². The minimum Gasteiger partial charge on any atom is -0.490 e. The van der Waals surface area contributed by atoms with Crippen LogP contribution in [0.25, 0.3) is 6.08 Å². The van der Waals surface area contributed by atoms with Gasteiger partial charge in [-0.25, -0.2) is 0 Å². The summed E-state index contributed by atoms with van der Waals surface area (Å²) in [6, 6.07) is 13.5. The lowest BCUT2D eigenvalue weighted by molar-refractivity contribution is -0.111. The predicted molar refractivity (Wildman–Crippen MR) is 95.7 cm³/mol. The van der Waals surface area contributed by atoms with Crippen LogP contribution in [0.4, 0.5) is 5.69 Å². The monoisotopic (exact) mass is 307 g/mol. The summed E-state index contributed by atoms with van der Waals surface area (Å²) < 4.78 is 5.42. The van der Waals surface area contributed by atoms with Gasteiger partial charge in [-0.05, 0) is 49.2 Å². The summed E-state index contributed by atoms with van der Waals surface area (Å²) in [6.07, 6.45) is 5.00. The molecular formula is C20H21NO2. The zero-order chi connectivity index (χ0) is 16.7. The van der Waals surface area contributed by atoms with Gasteiger partial charge in [-0.2, -0.15) is 0 Å². The number of carbonyl (C=O) groups excluding carboxylic acids is 1. The highest BCUT2D eigenvalue weighted by molar-refractivity contribution is 6.02. The maximum absolute atomic E-state index is 12.0. The Labute approximate surface area is 137 Å². The third-order valence-electron chi connectivity index (χ3n) is 3.31. The molecule has 3 nitrogen and oxygen atoms in total. The first-order valence-electron chi connectivity index (χ1n) is 7.48. The average Bonchev–Trinajstić information content (AvgIpc) is 2.54. The summed E-state index contributed by atoms with van der Waals surface area (Å²) >= 11 is 0. The molecule has 2 aromatic carbocycles. The Morgan fingerprint density at radius 1 is 1.17 bits per heavy atom. The van der Waals surface area contributed by atoms with Crippen LogP contribution in [-0.4, -0.2) is 12.5 Å². The second-order valence-corrected chi connectivity index (χ2v) is 5.31. The van der Waals surface area contributed by atoms with Crippen molar-refractivity contribution in [1.29, 1.82) is 0 Å². The Bertz CT molecular complexity index is 715. The van der Waals surface area contributed by atoms with Crippen LogP contribution in [0.15, 0.2) is 61.2 Å². The van der Waals surface area contributed by atoms with Crippen molar-refractivity contribution in [1.82, 2.24) is 0 Å². The van der Waals surface area contributed by atoms with E-state index in [4.69, 9.17) is 4.74 Å². The predicted octanol–water partition coefficient (Wildman–Crippen LogP) is 4.52. The maximum Gasteiger partial charge on any atom is 0.248 e. The van der Waals surface area contributed by atoms with Gasteiger partial charge in [0.2, 0.25) is 5.91 Å². The van der Waals surface area contributed by atoms with Gasteiger partial charge in [-0.1, -0.05) is 42.5 Å². The smallest absolute Gasteiger partial charge is 0.248 e. The van der Waals surface area contributed by atoms with E-state index < -0.39 is 0 Å². The van der Waals surface area contributed by atoms with Crippen molar-refractivity contribution in [2.24, 2.45) is 0 Å². The van der Waals surface area contributed by atoms with E-state index in [1.54, 1.807) is 12.2 Å². The third-order valence-corrected chi connectivity index (χ3v) is 3.31. The number of anilines is 1. The fourth-order valence-corrected chi connectivity index (χ4v) is 2.13. The van der Waals surface area contributed by atoms with E-state index in [2.05, 4.69) is 11.9 Å². The number of amides is 1. The second-order valence-electron chi connectivity index (χ2n) is 5.31. The van der Waals surface area contributed by atoms with Crippen LogP contribution >= 0.6 is 0 Å². The summed E-state index contributed by atoms with van der Waals surface area (Å²) in [4.78, 5) is 12.0. The molecule has 1 N–H and O–H groups in total. The fourth-order valence-electron chi connectivity index (χ4n) is 2.13. The summed E-state index contributed by atoms with van der Waals surface area (Å²) in [5.74, 6) is 0.630. The second kappa shape index (κ2) is 7.99. The quantitative estimate of drug-likeness (QED) is 0.629. The van der Waals surface area contributed by atoms with Gasteiger partial charge in [0.1, 0.15) is 12.4 Å². The van der Waals surface area contributed by atoms with Gasteiger partial charge >= 0.3 is 0 Å². The molecule has 0 aliphatic heterocycles. The minimum absolute atomic E-state index is 0.149. The molecule has 0 unspecified atom stereocenters. The molecule has 0 atom stereocenters. The summed E-state index contributed by atoms with van der Waals surface area (Å²) in [5, 5.41) is 2.89. The first-order chi connectivity index (χ1) is 11.1. The molecule has 2 aromatic rings. The number of rotatable bonds is 6. The van der Waals surface area contributed by atoms with Gasteiger partial charge in [0.05, 0.1) is 0 Å². The topological polar surface area (TPSA) is 38.3 Å². The normalized spacial score (nSPS) is 10.5. The zero-order valence-corrected chi connectivity index (χ0v) is 13.5. The van der Waals surface area contributed by atoms with Crippen molar-refractivity contribution in [3.63, 3.8) is 0 Å². The van der Waals surface area contributed by atoms with Gasteiger partial charge in [-0.3, -0.25) is 4.79 Å². The molecule has 3 heteroatoms. The lowest BCUT2D eigenvalue weighted by Crippen LogP contribution is -2.08. The van der Waals surface area contributed by atoms with Crippen molar-refractivity contribution in [2.45, 2.75) is 13.8 Å². The van der Waals surface area contributed by atoms with Crippen LogP contribution < -0.4 is 10.1 Å². The molecule has 0 bridgehead atoms. The molecule has 0 radical (unpaired) electrons.